The number of anilines is 1. The Balaban J connectivity index is 2.16. The first-order valence-corrected chi connectivity index (χ1v) is 7.56. The Hall–Kier alpha value is -1.81. The lowest BCUT2D eigenvalue weighted by Gasteiger charge is -2.22. The number of hydrogen-bond donors (Lipinski definition) is 1. The zero-order chi connectivity index (χ0) is 15.2. The van der Waals surface area contributed by atoms with Gasteiger partial charge in [-0.25, -0.2) is 4.98 Å². The molecule has 0 atom stereocenters. The molecule has 0 aliphatic rings. The zero-order valence-electron chi connectivity index (χ0n) is 13.4. The quantitative estimate of drug-likeness (QED) is 0.846. The fourth-order valence-corrected chi connectivity index (χ4v) is 2.25. The van der Waals surface area contributed by atoms with Crippen LogP contribution in [0.1, 0.15) is 37.8 Å². The molecule has 2 heterocycles. The number of aromatic nitrogens is 1. The van der Waals surface area contributed by atoms with Gasteiger partial charge in [0.05, 0.1) is 12.8 Å². The summed E-state index contributed by atoms with van der Waals surface area (Å²) in [6.07, 6.45) is 1.71. The van der Waals surface area contributed by atoms with Crippen molar-refractivity contribution < 1.29 is 4.42 Å². The molecule has 2 aromatic heterocycles. The van der Waals surface area contributed by atoms with Crippen LogP contribution in [-0.4, -0.2) is 17.6 Å². The van der Waals surface area contributed by atoms with Gasteiger partial charge in [-0.3, -0.25) is 0 Å². The van der Waals surface area contributed by atoms with Crippen molar-refractivity contribution in [1.29, 1.82) is 0 Å². The average Bonchev–Trinajstić information content (AvgIpc) is 2.95. The summed E-state index contributed by atoms with van der Waals surface area (Å²) in [5.74, 6) is 1.97. The molecule has 4 heteroatoms. The third-order valence-electron chi connectivity index (χ3n) is 3.35. The Morgan fingerprint density at radius 1 is 1.33 bits per heavy atom. The van der Waals surface area contributed by atoms with Gasteiger partial charge in [-0.2, -0.15) is 0 Å². The zero-order valence-corrected chi connectivity index (χ0v) is 13.4. The van der Waals surface area contributed by atoms with E-state index in [9.17, 15) is 0 Å². The Kier molecular flexibility index (Phi) is 5.39. The molecule has 0 saturated heterocycles. The van der Waals surface area contributed by atoms with Gasteiger partial charge in [0.1, 0.15) is 11.6 Å². The minimum Gasteiger partial charge on any atom is -0.467 e. The highest BCUT2D eigenvalue weighted by Gasteiger charge is 2.10. The third kappa shape index (κ3) is 4.60. The van der Waals surface area contributed by atoms with Gasteiger partial charge in [0.2, 0.25) is 0 Å². The molecule has 0 unspecified atom stereocenters. The monoisotopic (exact) mass is 287 g/mol. The van der Waals surface area contributed by atoms with Crippen LogP contribution in [0.5, 0.6) is 0 Å². The summed E-state index contributed by atoms with van der Waals surface area (Å²) < 4.78 is 5.44. The molecule has 1 N–H and O–H groups in total. The second-order valence-electron chi connectivity index (χ2n) is 5.60. The van der Waals surface area contributed by atoms with E-state index in [1.165, 1.54) is 5.56 Å². The second-order valence-corrected chi connectivity index (χ2v) is 5.60. The molecule has 0 radical (unpaired) electrons. The Labute approximate surface area is 127 Å². The van der Waals surface area contributed by atoms with E-state index in [-0.39, 0.29) is 0 Å². The summed E-state index contributed by atoms with van der Waals surface area (Å²) in [5.41, 5.74) is 2.31. The van der Waals surface area contributed by atoms with E-state index in [0.29, 0.717) is 6.04 Å². The number of nitrogens with one attached hydrogen (secondary N) is 1. The topological polar surface area (TPSA) is 41.3 Å². The number of pyridine rings is 1. The maximum atomic E-state index is 5.44. The first kappa shape index (κ1) is 15.6. The average molecular weight is 287 g/mol. The van der Waals surface area contributed by atoms with E-state index in [0.717, 1.165) is 36.9 Å². The van der Waals surface area contributed by atoms with Crippen LogP contribution in [0.4, 0.5) is 5.82 Å². The summed E-state index contributed by atoms with van der Waals surface area (Å²) in [5, 5.41) is 3.45. The van der Waals surface area contributed by atoms with E-state index in [1.54, 1.807) is 6.26 Å². The molecule has 4 nitrogen and oxygen atoms in total. The van der Waals surface area contributed by atoms with Crippen molar-refractivity contribution in [2.75, 3.05) is 11.4 Å². The van der Waals surface area contributed by atoms with Crippen LogP contribution in [0.2, 0.25) is 0 Å². The van der Waals surface area contributed by atoms with E-state index >= 15 is 0 Å². The van der Waals surface area contributed by atoms with Crippen LogP contribution in [0.25, 0.3) is 0 Å². The van der Waals surface area contributed by atoms with Crippen molar-refractivity contribution >= 4 is 5.82 Å². The SMILES string of the molecule is CCN(Cc1ccco1)c1cc(CNC(C)C)cc(C)n1. The molecule has 2 rings (SSSR count). The Bertz CT molecular complexity index is 549. The minimum absolute atomic E-state index is 0.479. The maximum absolute atomic E-state index is 5.44. The molecule has 114 valence electrons. The van der Waals surface area contributed by atoms with Crippen molar-refractivity contribution in [3.63, 3.8) is 0 Å². The molecular weight excluding hydrogens is 262 g/mol. The smallest absolute Gasteiger partial charge is 0.129 e. The van der Waals surface area contributed by atoms with Crippen LogP contribution in [0.3, 0.4) is 0 Å². The van der Waals surface area contributed by atoms with Crippen LogP contribution >= 0.6 is 0 Å². The molecule has 0 aromatic carbocycles. The lowest BCUT2D eigenvalue weighted by atomic mass is 10.2. The van der Waals surface area contributed by atoms with Gasteiger partial charge in [-0.05, 0) is 43.7 Å². The molecule has 0 amide bonds. The summed E-state index contributed by atoms with van der Waals surface area (Å²) in [7, 11) is 0. The lowest BCUT2D eigenvalue weighted by Crippen LogP contribution is -2.25. The van der Waals surface area contributed by atoms with Gasteiger partial charge in [0.25, 0.3) is 0 Å². The predicted molar refractivity (Wildman–Crippen MR) is 86.4 cm³/mol. The highest BCUT2D eigenvalue weighted by atomic mass is 16.3. The van der Waals surface area contributed by atoms with Crippen LogP contribution in [-0.2, 0) is 13.1 Å². The molecule has 0 bridgehead atoms. The Morgan fingerprint density at radius 3 is 2.76 bits per heavy atom. The second kappa shape index (κ2) is 7.27. The van der Waals surface area contributed by atoms with Gasteiger partial charge in [-0.1, -0.05) is 13.8 Å². The predicted octanol–water partition coefficient (Wildman–Crippen LogP) is 3.51. The molecule has 2 aromatic rings. The van der Waals surface area contributed by atoms with Gasteiger partial charge in [0, 0.05) is 24.8 Å². The number of rotatable bonds is 7. The number of hydrogen-bond acceptors (Lipinski definition) is 4. The standard InChI is InChI=1S/C17H25N3O/c1-5-20(12-16-7-6-8-21-16)17-10-15(9-14(4)19-17)11-18-13(2)3/h6-10,13,18H,5,11-12H2,1-4H3. The first-order chi connectivity index (χ1) is 10.1. The van der Waals surface area contributed by atoms with Crippen LogP contribution < -0.4 is 10.2 Å². The third-order valence-corrected chi connectivity index (χ3v) is 3.35. The molecule has 0 saturated carbocycles. The van der Waals surface area contributed by atoms with E-state index in [4.69, 9.17) is 4.42 Å². The van der Waals surface area contributed by atoms with Gasteiger partial charge >= 0.3 is 0 Å². The summed E-state index contributed by atoms with van der Waals surface area (Å²) >= 11 is 0. The number of furan rings is 1. The van der Waals surface area contributed by atoms with Crippen molar-refractivity contribution in [1.82, 2.24) is 10.3 Å². The molecular formula is C17H25N3O. The van der Waals surface area contributed by atoms with Crippen molar-refractivity contribution in [2.24, 2.45) is 0 Å². The number of nitrogens with zero attached hydrogens (tertiary/aromatic N) is 2. The Morgan fingerprint density at radius 2 is 2.14 bits per heavy atom. The van der Waals surface area contributed by atoms with E-state index < -0.39 is 0 Å². The number of aryl methyl sites for hydroxylation is 1. The molecule has 21 heavy (non-hydrogen) atoms. The fraction of sp³-hybridized carbons (Fsp3) is 0.471. The summed E-state index contributed by atoms with van der Waals surface area (Å²) in [4.78, 5) is 6.90. The molecule has 0 fully saturated rings. The van der Waals surface area contributed by atoms with Crippen molar-refractivity contribution in [2.45, 2.75) is 46.8 Å². The highest BCUT2D eigenvalue weighted by molar-refractivity contribution is 5.43. The minimum atomic E-state index is 0.479. The van der Waals surface area contributed by atoms with E-state index in [1.807, 2.05) is 19.1 Å². The maximum Gasteiger partial charge on any atom is 0.129 e. The summed E-state index contributed by atoms with van der Waals surface area (Å²) in [6.45, 7) is 11.0. The van der Waals surface area contributed by atoms with Gasteiger partial charge in [0.15, 0.2) is 0 Å². The highest BCUT2D eigenvalue weighted by Crippen LogP contribution is 2.18. The van der Waals surface area contributed by atoms with E-state index in [2.05, 4.69) is 48.1 Å². The molecule has 0 spiro atoms. The van der Waals surface area contributed by atoms with Crippen LogP contribution in [0, 0.1) is 6.92 Å². The van der Waals surface area contributed by atoms with Crippen LogP contribution in [0.15, 0.2) is 34.9 Å². The van der Waals surface area contributed by atoms with Gasteiger partial charge < -0.3 is 14.6 Å². The molecule has 0 aliphatic carbocycles. The largest absolute Gasteiger partial charge is 0.467 e. The normalized spacial score (nSPS) is 11.1. The van der Waals surface area contributed by atoms with Gasteiger partial charge in [-0.15, -0.1) is 0 Å². The first-order valence-electron chi connectivity index (χ1n) is 7.56. The van der Waals surface area contributed by atoms with Crippen molar-refractivity contribution in [3.05, 3.63) is 47.5 Å². The summed E-state index contributed by atoms with van der Waals surface area (Å²) in [6, 6.07) is 8.70. The fourth-order valence-electron chi connectivity index (χ4n) is 2.25. The van der Waals surface area contributed by atoms with Crippen molar-refractivity contribution in [3.8, 4) is 0 Å². The lowest BCUT2D eigenvalue weighted by molar-refractivity contribution is 0.502. The molecule has 0 aliphatic heterocycles.